The predicted molar refractivity (Wildman–Crippen MR) is 65.9 cm³/mol. The number of carbonyl (C=O) groups excluding carboxylic acids is 1. The average Bonchev–Trinajstić information content (AvgIpc) is 2.31. The molecule has 0 aromatic heterocycles. The molecule has 0 unspecified atom stereocenters. The molecule has 2 nitrogen and oxygen atoms in total. The Morgan fingerprint density at radius 2 is 2.00 bits per heavy atom. The maximum Gasteiger partial charge on any atom is 0.254 e. The second kappa shape index (κ2) is 6.69. The van der Waals surface area contributed by atoms with E-state index in [1.54, 1.807) is 0 Å². The molecular formula is C12H14BrF2NO. The zero-order chi connectivity index (χ0) is 12.8. The van der Waals surface area contributed by atoms with Crippen molar-refractivity contribution >= 4 is 21.8 Å². The Morgan fingerprint density at radius 3 is 2.65 bits per heavy atom. The van der Waals surface area contributed by atoms with E-state index < -0.39 is 17.5 Å². The van der Waals surface area contributed by atoms with Crippen LogP contribution in [0.5, 0.6) is 0 Å². The Hall–Kier alpha value is -0.970. The van der Waals surface area contributed by atoms with Crippen LogP contribution in [0, 0.1) is 11.6 Å². The van der Waals surface area contributed by atoms with Crippen LogP contribution in [-0.2, 0) is 0 Å². The first-order valence-electron chi connectivity index (χ1n) is 5.49. The Morgan fingerprint density at radius 1 is 1.29 bits per heavy atom. The number of amides is 1. The van der Waals surface area contributed by atoms with Crippen LogP contribution in [0.4, 0.5) is 8.78 Å². The molecule has 1 amide bonds. The Balaban J connectivity index is 2.66. The topological polar surface area (TPSA) is 29.1 Å². The molecule has 0 fully saturated rings. The van der Waals surface area contributed by atoms with E-state index in [1.807, 2.05) is 6.92 Å². The van der Waals surface area contributed by atoms with Crippen LogP contribution in [0.15, 0.2) is 16.6 Å². The van der Waals surface area contributed by atoms with Crippen molar-refractivity contribution in [3.8, 4) is 0 Å². The molecule has 0 radical (unpaired) electrons. The molecule has 5 heteroatoms. The highest BCUT2D eigenvalue weighted by atomic mass is 79.9. The van der Waals surface area contributed by atoms with Crippen molar-refractivity contribution in [1.82, 2.24) is 5.32 Å². The molecule has 0 saturated carbocycles. The predicted octanol–water partition coefficient (Wildman–Crippen LogP) is 3.65. The molecule has 17 heavy (non-hydrogen) atoms. The molecule has 0 aliphatic carbocycles. The lowest BCUT2D eigenvalue weighted by molar-refractivity contribution is 0.0948. The van der Waals surface area contributed by atoms with E-state index in [0.717, 1.165) is 19.3 Å². The first-order valence-corrected chi connectivity index (χ1v) is 6.29. The van der Waals surface area contributed by atoms with E-state index in [1.165, 1.54) is 12.1 Å². The lowest BCUT2D eigenvalue weighted by Crippen LogP contribution is -2.25. The summed E-state index contributed by atoms with van der Waals surface area (Å²) >= 11 is 2.86. The fourth-order valence-electron chi connectivity index (χ4n) is 1.37. The SMILES string of the molecule is CCCCCNC(=O)c1ccc(Br)c(F)c1F. The third kappa shape index (κ3) is 3.77. The molecule has 0 aliphatic rings. The van der Waals surface area contributed by atoms with Gasteiger partial charge in [-0.05, 0) is 34.5 Å². The first kappa shape index (κ1) is 14.1. The van der Waals surface area contributed by atoms with Crippen LogP contribution in [0.3, 0.4) is 0 Å². The maximum atomic E-state index is 13.4. The van der Waals surface area contributed by atoms with E-state index >= 15 is 0 Å². The molecule has 94 valence electrons. The van der Waals surface area contributed by atoms with E-state index in [-0.39, 0.29) is 10.0 Å². The summed E-state index contributed by atoms with van der Waals surface area (Å²) in [6.45, 7) is 2.52. The molecule has 0 bridgehead atoms. The number of nitrogens with one attached hydrogen (secondary N) is 1. The molecule has 1 rings (SSSR count). The summed E-state index contributed by atoms with van der Waals surface area (Å²) in [5.74, 6) is -2.73. The van der Waals surface area contributed by atoms with Crippen LogP contribution in [0.2, 0.25) is 0 Å². The van der Waals surface area contributed by atoms with Crippen molar-refractivity contribution in [2.24, 2.45) is 0 Å². The van der Waals surface area contributed by atoms with Crippen molar-refractivity contribution in [1.29, 1.82) is 0 Å². The highest BCUT2D eigenvalue weighted by molar-refractivity contribution is 9.10. The number of carbonyl (C=O) groups is 1. The van der Waals surface area contributed by atoms with E-state index in [0.29, 0.717) is 6.54 Å². The smallest absolute Gasteiger partial charge is 0.254 e. The standard InChI is InChI=1S/C12H14BrF2NO/c1-2-3-4-7-16-12(17)8-5-6-9(13)11(15)10(8)14/h5-6H,2-4,7H2,1H3,(H,16,17). The van der Waals surface area contributed by atoms with E-state index in [9.17, 15) is 13.6 Å². The average molecular weight is 306 g/mol. The highest BCUT2D eigenvalue weighted by Crippen LogP contribution is 2.20. The number of benzene rings is 1. The number of unbranched alkanes of at least 4 members (excludes halogenated alkanes) is 2. The highest BCUT2D eigenvalue weighted by Gasteiger charge is 2.17. The Labute approximate surface area is 108 Å². The largest absolute Gasteiger partial charge is 0.352 e. The minimum Gasteiger partial charge on any atom is -0.352 e. The van der Waals surface area contributed by atoms with Crippen molar-refractivity contribution in [2.75, 3.05) is 6.54 Å². The fraction of sp³-hybridized carbons (Fsp3) is 0.417. The summed E-state index contributed by atoms with van der Waals surface area (Å²) in [6.07, 6.45) is 2.87. The number of rotatable bonds is 5. The number of hydrogen-bond donors (Lipinski definition) is 1. The molecule has 0 saturated heterocycles. The third-order valence-corrected chi connectivity index (χ3v) is 2.96. The lowest BCUT2D eigenvalue weighted by Gasteiger charge is -2.06. The normalized spacial score (nSPS) is 10.4. The molecule has 0 spiro atoms. The first-order chi connectivity index (χ1) is 8.07. The zero-order valence-electron chi connectivity index (χ0n) is 9.53. The zero-order valence-corrected chi connectivity index (χ0v) is 11.1. The van der Waals surface area contributed by atoms with Gasteiger partial charge in [-0.1, -0.05) is 19.8 Å². The minimum absolute atomic E-state index is 0.0116. The van der Waals surface area contributed by atoms with Crippen LogP contribution in [-0.4, -0.2) is 12.5 Å². The summed E-state index contributed by atoms with van der Waals surface area (Å²) in [4.78, 5) is 11.6. The summed E-state index contributed by atoms with van der Waals surface area (Å²) in [5.41, 5.74) is -0.262. The summed E-state index contributed by atoms with van der Waals surface area (Å²) in [5, 5.41) is 2.56. The molecular weight excluding hydrogens is 292 g/mol. The van der Waals surface area contributed by atoms with Crippen molar-refractivity contribution in [3.63, 3.8) is 0 Å². The maximum absolute atomic E-state index is 13.4. The monoisotopic (exact) mass is 305 g/mol. The van der Waals surface area contributed by atoms with Gasteiger partial charge in [0.15, 0.2) is 11.6 Å². The van der Waals surface area contributed by atoms with Crippen molar-refractivity contribution in [3.05, 3.63) is 33.8 Å². The number of halogens is 3. The van der Waals surface area contributed by atoms with Crippen LogP contribution >= 0.6 is 15.9 Å². The van der Waals surface area contributed by atoms with Crippen LogP contribution < -0.4 is 5.32 Å². The summed E-state index contributed by atoms with van der Waals surface area (Å²) in [6, 6.07) is 2.58. The van der Waals surface area contributed by atoms with Gasteiger partial charge in [0, 0.05) is 6.54 Å². The number of hydrogen-bond acceptors (Lipinski definition) is 1. The van der Waals surface area contributed by atoms with Crippen LogP contribution in [0.25, 0.3) is 0 Å². The van der Waals surface area contributed by atoms with Gasteiger partial charge in [-0.3, -0.25) is 4.79 Å². The second-order valence-electron chi connectivity index (χ2n) is 3.69. The molecule has 1 aromatic rings. The van der Waals surface area contributed by atoms with Crippen LogP contribution in [0.1, 0.15) is 36.5 Å². The summed E-state index contributed by atoms with van der Waals surface area (Å²) in [7, 11) is 0. The van der Waals surface area contributed by atoms with Gasteiger partial charge < -0.3 is 5.32 Å². The van der Waals surface area contributed by atoms with E-state index in [4.69, 9.17) is 0 Å². The fourth-order valence-corrected chi connectivity index (χ4v) is 1.68. The molecule has 0 aliphatic heterocycles. The van der Waals surface area contributed by atoms with E-state index in [2.05, 4.69) is 21.2 Å². The lowest BCUT2D eigenvalue weighted by atomic mass is 10.2. The van der Waals surface area contributed by atoms with Gasteiger partial charge in [0.25, 0.3) is 5.91 Å². The van der Waals surface area contributed by atoms with Gasteiger partial charge in [0.05, 0.1) is 10.0 Å². The van der Waals surface area contributed by atoms with Gasteiger partial charge >= 0.3 is 0 Å². The van der Waals surface area contributed by atoms with Crippen molar-refractivity contribution in [2.45, 2.75) is 26.2 Å². The quantitative estimate of drug-likeness (QED) is 0.653. The van der Waals surface area contributed by atoms with Gasteiger partial charge in [0.2, 0.25) is 0 Å². The minimum atomic E-state index is -1.12. The third-order valence-electron chi connectivity index (χ3n) is 2.35. The second-order valence-corrected chi connectivity index (χ2v) is 4.54. The van der Waals surface area contributed by atoms with Gasteiger partial charge in [-0.15, -0.1) is 0 Å². The van der Waals surface area contributed by atoms with Gasteiger partial charge in [0.1, 0.15) is 0 Å². The summed E-state index contributed by atoms with van der Waals surface area (Å²) < 4.78 is 26.6. The molecule has 0 heterocycles. The molecule has 0 atom stereocenters. The molecule has 1 N–H and O–H groups in total. The van der Waals surface area contributed by atoms with Crippen molar-refractivity contribution < 1.29 is 13.6 Å². The Bertz CT molecular complexity index is 410. The Kier molecular flexibility index (Phi) is 5.55. The molecule has 1 aromatic carbocycles. The van der Waals surface area contributed by atoms with Gasteiger partial charge in [-0.25, -0.2) is 8.78 Å². The van der Waals surface area contributed by atoms with Gasteiger partial charge in [-0.2, -0.15) is 0 Å².